The van der Waals surface area contributed by atoms with Crippen molar-refractivity contribution < 1.29 is 23.8 Å². The fourth-order valence-corrected chi connectivity index (χ4v) is 3.52. The Labute approximate surface area is 177 Å². The molecule has 0 unspecified atom stereocenters. The van der Waals surface area contributed by atoms with Crippen molar-refractivity contribution in [3.63, 3.8) is 0 Å². The molecule has 0 bridgehead atoms. The van der Waals surface area contributed by atoms with E-state index >= 15 is 0 Å². The SMILES string of the molecule is COc1cc(F)cc(C(=O)c2cc(C)c(Oc3c(Cl)cc(O)cc3Cl)c(C)c2)c1. The van der Waals surface area contributed by atoms with Gasteiger partial charge >= 0.3 is 0 Å². The first-order valence-electron chi connectivity index (χ1n) is 8.56. The summed E-state index contributed by atoms with van der Waals surface area (Å²) in [6.45, 7) is 3.54. The highest BCUT2D eigenvalue weighted by Gasteiger charge is 2.18. The standard InChI is InChI=1S/C22H17Cl2FO4/c1-11-4-13(20(27)14-6-15(25)8-17(7-14)28-3)5-12(2)21(11)29-22-18(23)9-16(26)10-19(22)24/h4-10,26H,1-3H3. The number of rotatable bonds is 5. The van der Waals surface area contributed by atoms with Gasteiger partial charge in [-0.05, 0) is 49.2 Å². The molecular formula is C22H17Cl2FO4. The Balaban J connectivity index is 1.98. The average Bonchev–Trinajstić information content (AvgIpc) is 2.64. The predicted octanol–water partition coefficient (Wildman–Crippen LogP) is 6.49. The zero-order valence-corrected chi connectivity index (χ0v) is 17.4. The fourth-order valence-electron chi connectivity index (χ4n) is 2.97. The second-order valence-corrected chi connectivity index (χ2v) is 7.30. The Hall–Kier alpha value is -2.76. The molecule has 0 atom stereocenters. The van der Waals surface area contributed by atoms with Gasteiger partial charge in [0.2, 0.25) is 0 Å². The zero-order chi connectivity index (χ0) is 21.3. The van der Waals surface area contributed by atoms with Crippen LogP contribution in [-0.2, 0) is 0 Å². The number of benzene rings is 3. The molecule has 0 amide bonds. The summed E-state index contributed by atoms with van der Waals surface area (Å²) in [6.07, 6.45) is 0. The number of carbonyl (C=O) groups is 1. The highest BCUT2D eigenvalue weighted by atomic mass is 35.5. The lowest BCUT2D eigenvalue weighted by molar-refractivity contribution is 0.103. The van der Waals surface area contributed by atoms with E-state index in [0.29, 0.717) is 22.4 Å². The molecular weight excluding hydrogens is 418 g/mol. The maximum absolute atomic E-state index is 13.8. The van der Waals surface area contributed by atoms with Crippen LogP contribution in [0.3, 0.4) is 0 Å². The molecule has 0 fully saturated rings. The first kappa shape index (κ1) is 21.0. The molecule has 3 aromatic rings. The van der Waals surface area contributed by atoms with Gasteiger partial charge in [-0.3, -0.25) is 4.79 Å². The van der Waals surface area contributed by atoms with Gasteiger partial charge in [-0.1, -0.05) is 23.2 Å². The maximum Gasteiger partial charge on any atom is 0.193 e. The number of aryl methyl sites for hydroxylation is 2. The Morgan fingerprint density at radius 1 is 0.897 bits per heavy atom. The molecule has 0 saturated heterocycles. The summed E-state index contributed by atoms with van der Waals surface area (Å²) in [6, 6.07) is 9.78. The van der Waals surface area contributed by atoms with E-state index in [2.05, 4.69) is 0 Å². The number of halogens is 3. The lowest BCUT2D eigenvalue weighted by Crippen LogP contribution is -2.05. The van der Waals surface area contributed by atoms with Crippen LogP contribution in [0.4, 0.5) is 4.39 Å². The number of phenolic OH excluding ortho intramolecular Hbond substituents is 1. The Kier molecular flexibility index (Phi) is 6.01. The summed E-state index contributed by atoms with van der Waals surface area (Å²) < 4.78 is 24.7. The highest BCUT2D eigenvalue weighted by molar-refractivity contribution is 6.37. The summed E-state index contributed by atoms with van der Waals surface area (Å²) >= 11 is 12.2. The first-order chi connectivity index (χ1) is 13.7. The summed E-state index contributed by atoms with van der Waals surface area (Å²) in [5.41, 5.74) is 1.88. The third kappa shape index (κ3) is 4.47. The molecule has 0 heterocycles. The maximum atomic E-state index is 13.8. The van der Waals surface area contributed by atoms with Crippen LogP contribution in [0.2, 0.25) is 10.0 Å². The van der Waals surface area contributed by atoms with Gasteiger partial charge in [0.05, 0.1) is 17.2 Å². The van der Waals surface area contributed by atoms with E-state index in [1.54, 1.807) is 26.0 Å². The summed E-state index contributed by atoms with van der Waals surface area (Å²) in [7, 11) is 1.41. The van der Waals surface area contributed by atoms with Crippen LogP contribution in [0.15, 0.2) is 42.5 Å². The van der Waals surface area contributed by atoms with Crippen LogP contribution in [-0.4, -0.2) is 18.0 Å². The van der Waals surface area contributed by atoms with Gasteiger partial charge in [0, 0.05) is 29.3 Å². The molecule has 1 N–H and O–H groups in total. The summed E-state index contributed by atoms with van der Waals surface area (Å²) in [4.78, 5) is 12.9. The lowest BCUT2D eigenvalue weighted by atomic mass is 9.98. The molecule has 150 valence electrons. The van der Waals surface area contributed by atoms with Crippen molar-refractivity contribution in [3.05, 3.63) is 80.6 Å². The van der Waals surface area contributed by atoms with Crippen molar-refractivity contribution in [2.75, 3.05) is 7.11 Å². The van der Waals surface area contributed by atoms with E-state index < -0.39 is 5.82 Å². The van der Waals surface area contributed by atoms with Gasteiger partial charge in [0.1, 0.15) is 23.1 Å². The van der Waals surface area contributed by atoms with E-state index in [1.165, 1.54) is 31.4 Å². The minimum Gasteiger partial charge on any atom is -0.508 e. The second kappa shape index (κ2) is 8.31. The van der Waals surface area contributed by atoms with Crippen molar-refractivity contribution >= 4 is 29.0 Å². The summed E-state index contributed by atoms with van der Waals surface area (Å²) in [5, 5.41) is 9.87. The molecule has 0 aliphatic heterocycles. The van der Waals surface area contributed by atoms with E-state index in [9.17, 15) is 14.3 Å². The molecule has 0 aromatic heterocycles. The van der Waals surface area contributed by atoms with Crippen molar-refractivity contribution in [2.45, 2.75) is 13.8 Å². The molecule has 0 spiro atoms. The number of ketones is 1. The van der Waals surface area contributed by atoms with Crippen molar-refractivity contribution in [2.24, 2.45) is 0 Å². The minimum absolute atomic E-state index is 0.0766. The van der Waals surface area contributed by atoms with Crippen LogP contribution in [0.25, 0.3) is 0 Å². The number of aromatic hydroxyl groups is 1. The zero-order valence-electron chi connectivity index (χ0n) is 15.8. The number of methoxy groups -OCH3 is 1. The number of hydrogen-bond acceptors (Lipinski definition) is 4. The van der Waals surface area contributed by atoms with Gasteiger partial charge in [-0.15, -0.1) is 0 Å². The molecule has 3 rings (SSSR count). The molecule has 29 heavy (non-hydrogen) atoms. The quantitative estimate of drug-likeness (QED) is 0.466. The largest absolute Gasteiger partial charge is 0.508 e. The monoisotopic (exact) mass is 434 g/mol. The van der Waals surface area contributed by atoms with Gasteiger partial charge in [0.15, 0.2) is 11.5 Å². The van der Waals surface area contributed by atoms with Crippen molar-refractivity contribution in [3.8, 4) is 23.0 Å². The van der Waals surface area contributed by atoms with E-state index in [0.717, 1.165) is 6.07 Å². The smallest absolute Gasteiger partial charge is 0.193 e. The van der Waals surface area contributed by atoms with Gasteiger partial charge in [-0.25, -0.2) is 4.39 Å². The molecule has 3 aromatic carbocycles. The Morgan fingerprint density at radius 2 is 1.45 bits per heavy atom. The molecule has 0 aliphatic carbocycles. The molecule has 0 saturated carbocycles. The third-order valence-corrected chi connectivity index (χ3v) is 4.84. The molecule has 0 aliphatic rings. The number of hydrogen-bond donors (Lipinski definition) is 1. The highest BCUT2D eigenvalue weighted by Crippen LogP contribution is 2.41. The third-order valence-electron chi connectivity index (χ3n) is 4.28. The second-order valence-electron chi connectivity index (χ2n) is 6.49. The van der Waals surface area contributed by atoms with Crippen LogP contribution in [0, 0.1) is 19.7 Å². The van der Waals surface area contributed by atoms with Gasteiger partial charge < -0.3 is 14.6 Å². The topological polar surface area (TPSA) is 55.8 Å². The fraction of sp³-hybridized carbons (Fsp3) is 0.136. The normalized spacial score (nSPS) is 10.7. The summed E-state index contributed by atoms with van der Waals surface area (Å²) in [5.74, 6) is -0.0382. The van der Waals surface area contributed by atoms with E-state index in [-0.39, 0.29) is 38.6 Å². The average molecular weight is 435 g/mol. The first-order valence-corrected chi connectivity index (χ1v) is 9.31. The van der Waals surface area contributed by atoms with E-state index in [4.69, 9.17) is 32.7 Å². The minimum atomic E-state index is -0.558. The van der Waals surface area contributed by atoms with E-state index in [1.807, 2.05) is 0 Å². The molecule has 4 nitrogen and oxygen atoms in total. The van der Waals surface area contributed by atoms with Crippen LogP contribution < -0.4 is 9.47 Å². The van der Waals surface area contributed by atoms with Gasteiger partial charge in [-0.2, -0.15) is 0 Å². The van der Waals surface area contributed by atoms with Gasteiger partial charge in [0.25, 0.3) is 0 Å². The van der Waals surface area contributed by atoms with Crippen LogP contribution >= 0.6 is 23.2 Å². The Morgan fingerprint density at radius 3 is 2.00 bits per heavy atom. The number of ether oxygens (including phenoxy) is 2. The van der Waals surface area contributed by atoms with Crippen molar-refractivity contribution in [1.82, 2.24) is 0 Å². The number of carbonyl (C=O) groups excluding carboxylic acids is 1. The van der Waals surface area contributed by atoms with Crippen LogP contribution in [0.5, 0.6) is 23.0 Å². The number of phenols is 1. The predicted molar refractivity (Wildman–Crippen MR) is 111 cm³/mol. The Bertz CT molecular complexity index is 1070. The lowest BCUT2D eigenvalue weighted by Gasteiger charge is -2.16. The molecule has 0 radical (unpaired) electrons. The molecule has 7 heteroatoms. The van der Waals surface area contributed by atoms with Crippen LogP contribution in [0.1, 0.15) is 27.0 Å². The van der Waals surface area contributed by atoms with Crippen molar-refractivity contribution in [1.29, 1.82) is 0 Å².